The molecule has 0 spiro atoms. The lowest BCUT2D eigenvalue weighted by Gasteiger charge is -2.62. The van der Waals surface area contributed by atoms with Crippen LogP contribution in [0.25, 0.3) is 0 Å². The van der Waals surface area contributed by atoms with E-state index in [1.54, 1.807) is 0 Å². The van der Waals surface area contributed by atoms with Gasteiger partial charge in [0.05, 0.1) is 0 Å². The smallest absolute Gasteiger partial charge is 0.156 e. The van der Waals surface area contributed by atoms with E-state index in [0.29, 0.717) is 30.0 Å². The highest BCUT2D eigenvalue weighted by molar-refractivity contribution is 5.93. The van der Waals surface area contributed by atoms with E-state index in [9.17, 15) is 9.59 Å². The van der Waals surface area contributed by atoms with E-state index in [2.05, 4.69) is 34.3 Å². The van der Waals surface area contributed by atoms with Crippen LogP contribution >= 0.6 is 0 Å². The maximum absolute atomic E-state index is 12.5. The van der Waals surface area contributed by atoms with Gasteiger partial charge >= 0.3 is 0 Å². The fraction of sp³-hybridized carbons (Fsp3) is 0.727. The lowest BCUT2D eigenvalue weighted by molar-refractivity contribution is -0.135. The van der Waals surface area contributed by atoms with Crippen LogP contribution in [-0.4, -0.2) is 11.6 Å². The lowest BCUT2D eigenvalue weighted by atomic mass is 9.41. The minimum atomic E-state index is -0.104. The first-order valence-electron chi connectivity index (χ1n) is 9.58. The number of carbonyl (C=O) groups excluding carboxylic acids is 2. The molecule has 0 bridgehead atoms. The molecule has 0 aromatic rings. The van der Waals surface area contributed by atoms with Crippen LogP contribution in [0.4, 0.5) is 0 Å². The van der Waals surface area contributed by atoms with Gasteiger partial charge in [0.1, 0.15) is 5.78 Å². The molecular weight excluding hydrogens is 296 g/mol. The van der Waals surface area contributed by atoms with Gasteiger partial charge in [0.15, 0.2) is 5.78 Å². The van der Waals surface area contributed by atoms with Crippen LogP contribution in [0.1, 0.15) is 66.2 Å². The molecule has 0 amide bonds. The SMILES string of the molecule is C=C1C[C@@H]2[C@H](CC[C@]3(C)C(=O)CC[C@@H]23)[C@]2(C)C1=CC(=O)CC2(C)C. The highest BCUT2D eigenvalue weighted by atomic mass is 16.1. The minimum absolute atomic E-state index is 0.00782. The number of carbonyl (C=O) groups is 2. The molecule has 0 radical (unpaired) electrons. The van der Waals surface area contributed by atoms with Crippen molar-refractivity contribution in [3.63, 3.8) is 0 Å². The van der Waals surface area contributed by atoms with Crippen molar-refractivity contribution in [2.24, 2.45) is 34.0 Å². The zero-order chi connectivity index (χ0) is 17.5. The van der Waals surface area contributed by atoms with Crippen molar-refractivity contribution in [1.29, 1.82) is 0 Å². The molecule has 0 aromatic heterocycles. The number of rotatable bonds is 0. The monoisotopic (exact) mass is 326 g/mol. The Balaban J connectivity index is 1.83. The van der Waals surface area contributed by atoms with E-state index >= 15 is 0 Å². The molecule has 3 saturated carbocycles. The molecule has 4 aliphatic rings. The molecule has 2 nitrogen and oxygen atoms in total. The first-order valence-corrected chi connectivity index (χ1v) is 9.58. The van der Waals surface area contributed by atoms with Crippen LogP contribution in [0.3, 0.4) is 0 Å². The van der Waals surface area contributed by atoms with Crippen LogP contribution < -0.4 is 0 Å². The molecule has 0 unspecified atom stereocenters. The molecule has 3 fully saturated rings. The molecule has 0 aromatic carbocycles. The normalized spacial score (nSPS) is 46.9. The Hall–Kier alpha value is -1.18. The lowest BCUT2D eigenvalue weighted by Crippen LogP contribution is -2.56. The Bertz CT molecular complexity index is 682. The van der Waals surface area contributed by atoms with Gasteiger partial charge in [0.2, 0.25) is 0 Å². The van der Waals surface area contributed by atoms with Crippen molar-refractivity contribution in [3.8, 4) is 0 Å². The van der Waals surface area contributed by atoms with Gasteiger partial charge in [-0.25, -0.2) is 0 Å². The number of Topliss-reactive ketones (excluding diaryl/α,β-unsaturated/α-hetero) is 1. The fourth-order valence-electron chi connectivity index (χ4n) is 6.97. The summed E-state index contributed by atoms with van der Waals surface area (Å²) in [4.78, 5) is 24.8. The minimum Gasteiger partial charge on any atom is -0.299 e. The first-order chi connectivity index (χ1) is 11.1. The van der Waals surface area contributed by atoms with Gasteiger partial charge in [-0.15, -0.1) is 0 Å². The molecule has 24 heavy (non-hydrogen) atoms. The molecule has 130 valence electrons. The van der Waals surface area contributed by atoms with Gasteiger partial charge in [0.25, 0.3) is 0 Å². The molecule has 4 rings (SSSR count). The highest BCUT2D eigenvalue weighted by Gasteiger charge is 2.63. The summed E-state index contributed by atoms with van der Waals surface area (Å²) in [7, 11) is 0. The summed E-state index contributed by atoms with van der Waals surface area (Å²) < 4.78 is 0. The summed E-state index contributed by atoms with van der Waals surface area (Å²) >= 11 is 0. The highest BCUT2D eigenvalue weighted by Crippen LogP contribution is 2.68. The Morgan fingerprint density at radius 3 is 2.50 bits per heavy atom. The third-order valence-corrected chi connectivity index (χ3v) is 8.64. The Morgan fingerprint density at radius 1 is 1.08 bits per heavy atom. The van der Waals surface area contributed by atoms with Crippen LogP contribution in [0.15, 0.2) is 23.8 Å². The molecule has 0 saturated heterocycles. The van der Waals surface area contributed by atoms with Crippen molar-refractivity contribution < 1.29 is 9.59 Å². The van der Waals surface area contributed by atoms with Crippen LogP contribution in [0.2, 0.25) is 0 Å². The zero-order valence-corrected chi connectivity index (χ0v) is 15.6. The van der Waals surface area contributed by atoms with Crippen molar-refractivity contribution in [1.82, 2.24) is 0 Å². The summed E-state index contributed by atoms with van der Waals surface area (Å²) in [6.07, 6.45) is 7.46. The number of ketones is 2. The van der Waals surface area contributed by atoms with Crippen LogP contribution in [0, 0.1) is 34.0 Å². The van der Waals surface area contributed by atoms with Gasteiger partial charge in [-0.05, 0) is 60.5 Å². The fourth-order valence-corrected chi connectivity index (χ4v) is 6.97. The van der Waals surface area contributed by atoms with Gasteiger partial charge < -0.3 is 0 Å². The van der Waals surface area contributed by atoms with Gasteiger partial charge in [-0.1, -0.05) is 39.8 Å². The molecule has 0 heterocycles. The molecule has 5 atom stereocenters. The van der Waals surface area contributed by atoms with E-state index in [-0.39, 0.29) is 22.0 Å². The van der Waals surface area contributed by atoms with Gasteiger partial charge in [-0.2, -0.15) is 0 Å². The summed E-state index contributed by atoms with van der Waals surface area (Å²) in [6, 6.07) is 0. The third kappa shape index (κ3) is 1.78. The quantitative estimate of drug-likeness (QED) is 0.635. The second-order valence-electron chi connectivity index (χ2n) is 9.89. The predicted octanol–water partition coefficient (Wildman–Crippen LogP) is 4.89. The second-order valence-corrected chi connectivity index (χ2v) is 9.89. The molecular formula is C22H30O2. The van der Waals surface area contributed by atoms with Crippen molar-refractivity contribution in [2.45, 2.75) is 66.2 Å². The second kappa shape index (κ2) is 4.71. The number of hydrogen-bond donors (Lipinski definition) is 0. The predicted molar refractivity (Wildman–Crippen MR) is 95.4 cm³/mol. The van der Waals surface area contributed by atoms with Crippen molar-refractivity contribution >= 4 is 11.6 Å². The standard InChI is InChI=1S/C22H30O2/c1-13-10-15-16-6-7-19(24)21(16,4)9-8-17(15)22(5)18(13)11-14(23)12-20(22,2)3/h11,15-17H,1,6-10,12H2,2-5H3/t15-,16-,17-,21-,22+/m0/s1. The maximum Gasteiger partial charge on any atom is 0.156 e. The number of fused-ring (bicyclic) bond motifs is 5. The molecule has 0 N–H and O–H groups in total. The largest absolute Gasteiger partial charge is 0.299 e. The van der Waals surface area contributed by atoms with Crippen molar-refractivity contribution in [2.75, 3.05) is 0 Å². The van der Waals surface area contributed by atoms with Crippen molar-refractivity contribution in [3.05, 3.63) is 23.8 Å². The average Bonchev–Trinajstić information content (AvgIpc) is 2.78. The van der Waals surface area contributed by atoms with E-state index in [1.165, 1.54) is 5.57 Å². The molecule has 4 aliphatic carbocycles. The summed E-state index contributed by atoms with van der Waals surface area (Å²) in [5.41, 5.74) is 2.24. The Morgan fingerprint density at radius 2 is 1.79 bits per heavy atom. The zero-order valence-electron chi connectivity index (χ0n) is 15.6. The number of allylic oxidation sites excluding steroid dienone is 2. The summed E-state index contributed by atoms with van der Waals surface area (Å²) in [5.74, 6) is 2.37. The Kier molecular flexibility index (Phi) is 3.20. The van der Waals surface area contributed by atoms with Crippen LogP contribution in [0.5, 0.6) is 0 Å². The third-order valence-electron chi connectivity index (χ3n) is 8.64. The van der Waals surface area contributed by atoms with E-state index < -0.39 is 0 Å². The topological polar surface area (TPSA) is 34.1 Å². The van der Waals surface area contributed by atoms with Gasteiger partial charge in [-0.3, -0.25) is 9.59 Å². The van der Waals surface area contributed by atoms with E-state index in [4.69, 9.17) is 0 Å². The molecule has 2 heteroatoms. The summed E-state index contributed by atoms with van der Waals surface area (Å²) in [6.45, 7) is 13.5. The summed E-state index contributed by atoms with van der Waals surface area (Å²) in [5, 5.41) is 0. The van der Waals surface area contributed by atoms with E-state index in [0.717, 1.165) is 37.7 Å². The maximum atomic E-state index is 12.5. The molecule has 0 aliphatic heterocycles. The number of hydrogen-bond acceptors (Lipinski definition) is 2. The van der Waals surface area contributed by atoms with E-state index in [1.807, 2.05) is 6.08 Å². The van der Waals surface area contributed by atoms with Gasteiger partial charge in [0, 0.05) is 23.7 Å². The average molecular weight is 326 g/mol. The Labute approximate surface area is 145 Å². The first kappa shape index (κ1) is 16.3. The van der Waals surface area contributed by atoms with Crippen LogP contribution in [-0.2, 0) is 9.59 Å².